The van der Waals surface area contributed by atoms with Gasteiger partial charge in [-0.2, -0.15) is 0 Å². The zero-order chi connectivity index (χ0) is 12.6. The molecule has 0 aromatic carbocycles. The second-order valence-electron chi connectivity index (χ2n) is 5.89. The smallest absolute Gasteiger partial charge is 0.134 e. The van der Waals surface area contributed by atoms with Crippen LogP contribution in [-0.4, -0.2) is 14.1 Å². The van der Waals surface area contributed by atoms with Crippen molar-refractivity contribution in [1.29, 1.82) is 0 Å². The first-order valence-electron chi connectivity index (χ1n) is 7.20. The van der Waals surface area contributed by atoms with E-state index in [1.807, 2.05) is 4.44 Å². The molecule has 0 bridgehead atoms. The summed E-state index contributed by atoms with van der Waals surface area (Å²) < 4.78 is 1.87. The second-order valence-corrected chi connectivity index (χ2v) is 8.97. The van der Waals surface area contributed by atoms with E-state index >= 15 is 0 Å². The Morgan fingerprint density at radius 3 is 1.81 bits per heavy atom. The first-order chi connectivity index (χ1) is 7.51. The van der Waals surface area contributed by atoms with Crippen LogP contribution in [0.4, 0.5) is 0 Å². The summed E-state index contributed by atoms with van der Waals surface area (Å²) in [6, 6.07) is 0. The van der Waals surface area contributed by atoms with E-state index in [1.165, 1.54) is 29.8 Å². The maximum absolute atomic E-state index is 2.55. The van der Waals surface area contributed by atoms with Crippen molar-refractivity contribution in [3.8, 4) is 0 Å². The molecular weight excluding hydrogens is 207 g/mol. The normalized spacial score (nSPS) is 12.6. The Kier molecular flexibility index (Phi) is 9.48. The van der Waals surface area contributed by atoms with Crippen LogP contribution in [0.2, 0.25) is 10.6 Å². The van der Waals surface area contributed by atoms with Crippen LogP contribution in [0.5, 0.6) is 0 Å². The van der Waals surface area contributed by atoms with Gasteiger partial charge in [0.2, 0.25) is 0 Å². The lowest BCUT2D eigenvalue weighted by Gasteiger charge is -2.19. The summed E-state index contributed by atoms with van der Waals surface area (Å²) >= 11 is -0.639. The van der Waals surface area contributed by atoms with E-state index in [-0.39, 0.29) is 0 Å². The van der Waals surface area contributed by atoms with Gasteiger partial charge in [0.1, 0.15) is 0 Å². The first-order valence-corrected chi connectivity index (χ1v) is 9.41. The van der Waals surface area contributed by atoms with Gasteiger partial charge in [0.25, 0.3) is 14.1 Å². The Bertz CT molecular complexity index is 182. The molecule has 0 unspecified atom stereocenters. The van der Waals surface area contributed by atoms with Crippen LogP contribution < -0.4 is 0 Å². The van der Waals surface area contributed by atoms with E-state index in [1.54, 1.807) is 0 Å². The molecule has 0 saturated heterocycles. The van der Waals surface area contributed by atoms with Gasteiger partial charge in [-0.15, -0.1) is 10.5 Å². The largest absolute Gasteiger partial charge is 0.299 e. The first kappa shape index (κ1) is 16.3. The maximum Gasteiger partial charge on any atom is 0.299 e. The Morgan fingerprint density at radius 1 is 1.00 bits per heavy atom. The Morgan fingerprint density at radius 2 is 1.50 bits per heavy atom. The number of rotatable bonds is 8. The fourth-order valence-corrected chi connectivity index (χ4v) is 6.90. The van der Waals surface area contributed by atoms with Crippen molar-refractivity contribution in [2.75, 3.05) is 0 Å². The minimum atomic E-state index is -0.639. The van der Waals surface area contributed by atoms with E-state index in [2.05, 4.69) is 47.6 Å². The highest BCUT2D eigenvalue weighted by atomic mass is 27.2. The lowest BCUT2D eigenvalue weighted by Crippen LogP contribution is -2.21. The van der Waals surface area contributed by atoms with Gasteiger partial charge in [-0.25, -0.2) is 0 Å². The minimum Gasteiger partial charge on any atom is -0.134 e. The van der Waals surface area contributed by atoms with Crippen LogP contribution in [0.1, 0.15) is 60.8 Å². The predicted molar refractivity (Wildman–Crippen MR) is 78.3 cm³/mol. The summed E-state index contributed by atoms with van der Waals surface area (Å²) in [5.41, 5.74) is 0. The molecule has 0 radical (unpaired) electrons. The molecule has 0 rings (SSSR count). The van der Waals surface area contributed by atoms with Crippen LogP contribution in [0.25, 0.3) is 0 Å². The third-order valence-electron chi connectivity index (χ3n) is 3.04. The third-order valence-corrected chi connectivity index (χ3v) is 7.64. The highest BCUT2D eigenvalue weighted by molar-refractivity contribution is 6.66. The Balaban J connectivity index is 4.59. The van der Waals surface area contributed by atoms with Crippen molar-refractivity contribution in [3.63, 3.8) is 0 Å². The van der Waals surface area contributed by atoms with Gasteiger partial charge in [-0.05, 0) is 12.8 Å². The van der Waals surface area contributed by atoms with Gasteiger partial charge in [-0.1, -0.05) is 70.4 Å². The van der Waals surface area contributed by atoms with Gasteiger partial charge in [0.15, 0.2) is 0 Å². The van der Waals surface area contributed by atoms with Crippen molar-refractivity contribution in [3.05, 3.63) is 10.5 Å². The molecule has 1 heteroatoms. The lowest BCUT2D eigenvalue weighted by atomic mass is 10.2. The summed E-state index contributed by atoms with van der Waals surface area (Å²) in [4.78, 5) is 0. The van der Waals surface area contributed by atoms with Crippen molar-refractivity contribution in [2.24, 2.45) is 11.8 Å². The Labute approximate surface area is 108 Å². The molecule has 0 amide bonds. The molecule has 16 heavy (non-hydrogen) atoms. The molecule has 0 fully saturated rings. The van der Waals surface area contributed by atoms with E-state index < -0.39 is 14.1 Å². The van der Waals surface area contributed by atoms with E-state index in [9.17, 15) is 0 Å². The third kappa shape index (κ3) is 7.53. The molecule has 0 heterocycles. The summed E-state index contributed by atoms with van der Waals surface area (Å²) in [7, 11) is 0. The van der Waals surface area contributed by atoms with Crippen LogP contribution in [0.15, 0.2) is 10.5 Å². The SMILES string of the molecule is CC/C=[C](\CCC)[Al]([CH2]C(C)C)[CH2]C(C)C. The predicted octanol–water partition coefficient (Wildman–Crippen LogP) is 5.47. The van der Waals surface area contributed by atoms with Gasteiger partial charge >= 0.3 is 0 Å². The number of allylic oxidation sites excluding steroid dienone is 2. The molecule has 0 spiro atoms. The molecule has 0 atom stereocenters. The zero-order valence-electron chi connectivity index (χ0n) is 12.3. The fraction of sp³-hybridized carbons (Fsp3) is 0.867. The van der Waals surface area contributed by atoms with Gasteiger partial charge in [0.05, 0.1) is 0 Å². The van der Waals surface area contributed by atoms with Crippen LogP contribution in [0.3, 0.4) is 0 Å². The number of hydrogen-bond donors (Lipinski definition) is 0. The van der Waals surface area contributed by atoms with Crippen molar-refractivity contribution in [2.45, 2.75) is 71.4 Å². The molecule has 0 aromatic heterocycles. The maximum atomic E-state index is 2.55. The zero-order valence-corrected chi connectivity index (χ0v) is 13.5. The molecule has 0 aliphatic rings. The van der Waals surface area contributed by atoms with Crippen LogP contribution in [0, 0.1) is 11.8 Å². The molecule has 94 valence electrons. The monoisotopic (exact) mass is 238 g/mol. The van der Waals surface area contributed by atoms with Gasteiger partial charge in [0, 0.05) is 0 Å². The van der Waals surface area contributed by atoms with Gasteiger partial charge < -0.3 is 0 Å². The van der Waals surface area contributed by atoms with Crippen LogP contribution >= 0.6 is 0 Å². The highest BCUT2D eigenvalue weighted by Gasteiger charge is 2.23. The molecular formula is C15H31Al. The second kappa shape index (κ2) is 9.32. The average molecular weight is 238 g/mol. The average Bonchev–Trinajstić information content (AvgIpc) is 2.15. The topological polar surface area (TPSA) is 0 Å². The fourth-order valence-electron chi connectivity index (χ4n) is 2.56. The summed E-state index contributed by atoms with van der Waals surface area (Å²) in [5.74, 6) is 1.76. The van der Waals surface area contributed by atoms with E-state index in [4.69, 9.17) is 0 Å². The summed E-state index contributed by atoms with van der Waals surface area (Å²) in [6.45, 7) is 14.1. The minimum absolute atomic E-state index is 0.639. The molecule has 0 N–H and O–H groups in total. The summed E-state index contributed by atoms with van der Waals surface area (Å²) in [6.07, 6.45) is 6.47. The highest BCUT2D eigenvalue weighted by Crippen LogP contribution is 2.23. The van der Waals surface area contributed by atoms with Crippen molar-refractivity contribution < 1.29 is 0 Å². The van der Waals surface area contributed by atoms with Crippen molar-refractivity contribution >= 4 is 14.1 Å². The molecule has 0 saturated carbocycles. The standard InChI is InChI=1S/C7H13.2C4H9.Al/c1-3-5-7-6-4-2;2*1-4(2)3;/h5H,3-4,6H2,1-2H3;2*4H,1H2,2-3H3;. The molecule has 0 aromatic rings. The number of hydrogen-bond acceptors (Lipinski definition) is 0. The molecule has 0 nitrogen and oxygen atoms in total. The molecule has 0 aliphatic carbocycles. The van der Waals surface area contributed by atoms with Crippen molar-refractivity contribution in [1.82, 2.24) is 0 Å². The van der Waals surface area contributed by atoms with Crippen LogP contribution in [-0.2, 0) is 0 Å². The van der Waals surface area contributed by atoms with E-state index in [0.29, 0.717) is 0 Å². The van der Waals surface area contributed by atoms with Gasteiger partial charge in [-0.3, -0.25) is 0 Å². The molecule has 0 aliphatic heterocycles. The summed E-state index contributed by atoms with van der Waals surface area (Å²) in [5, 5.41) is 3.01. The quantitative estimate of drug-likeness (QED) is 0.492. The lowest BCUT2D eigenvalue weighted by molar-refractivity contribution is 0.689. The Hall–Kier alpha value is 0.272. The van der Waals surface area contributed by atoms with E-state index in [0.717, 1.165) is 11.8 Å².